The van der Waals surface area contributed by atoms with Gasteiger partial charge in [-0.3, -0.25) is 4.79 Å². The van der Waals surface area contributed by atoms with E-state index in [-0.39, 0.29) is 0 Å². The molecule has 0 rings (SSSR count). The molecule has 9 heavy (non-hydrogen) atoms. The molecule has 0 amide bonds. The van der Waals surface area contributed by atoms with Gasteiger partial charge in [-0.15, -0.1) is 0 Å². The largest absolute Gasteiger partial charge is 0.378 e. The zero-order chi connectivity index (χ0) is 7.28. The number of nitrogens with zero attached hydrogens (tertiary/aromatic N) is 1. The molecule has 0 aliphatic heterocycles. The van der Waals surface area contributed by atoms with Crippen LogP contribution in [0.4, 0.5) is 0 Å². The van der Waals surface area contributed by atoms with E-state index in [9.17, 15) is 4.79 Å². The first kappa shape index (κ1) is 7.95. The molecular formula is C7H11NO. The summed E-state index contributed by atoms with van der Waals surface area (Å²) in [6.45, 7) is 3.53. The van der Waals surface area contributed by atoms with Crippen LogP contribution in [-0.4, -0.2) is 25.3 Å². The number of hydrogen-bond acceptors (Lipinski definition) is 2. The summed E-state index contributed by atoms with van der Waals surface area (Å²) in [6.07, 6.45) is 3.85. The first-order valence-corrected chi connectivity index (χ1v) is 2.67. The zero-order valence-corrected chi connectivity index (χ0v) is 5.79. The summed E-state index contributed by atoms with van der Waals surface area (Å²) in [5.41, 5.74) is 0.824. The molecule has 2 heteroatoms. The Bertz CT molecular complexity index is 136. The molecule has 0 spiro atoms. The van der Waals surface area contributed by atoms with Crippen molar-refractivity contribution >= 4 is 6.29 Å². The summed E-state index contributed by atoms with van der Waals surface area (Å²) < 4.78 is 0. The normalized spacial score (nSPS) is 10.7. The van der Waals surface area contributed by atoms with Gasteiger partial charge in [0.15, 0.2) is 0 Å². The lowest BCUT2D eigenvalue weighted by molar-refractivity contribution is -0.104. The lowest BCUT2D eigenvalue weighted by atomic mass is 10.4. The van der Waals surface area contributed by atoms with Gasteiger partial charge in [-0.25, -0.2) is 0 Å². The summed E-state index contributed by atoms with van der Waals surface area (Å²) in [5, 5.41) is 0. The minimum absolute atomic E-state index is 0.747. The predicted octanol–water partition coefficient (Wildman–Crippen LogP) is 0.817. The van der Waals surface area contributed by atoms with Gasteiger partial charge >= 0.3 is 0 Å². The third-order valence-electron chi connectivity index (χ3n) is 0.964. The molecule has 0 aromatic carbocycles. The topological polar surface area (TPSA) is 20.3 Å². The highest BCUT2D eigenvalue weighted by Gasteiger charge is 1.89. The number of carbonyl (C=O) groups excluding carboxylic acids is 1. The maximum Gasteiger partial charge on any atom is 0.144 e. The summed E-state index contributed by atoms with van der Waals surface area (Å²) in [4.78, 5) is 11.7. The number of likely N-dealkylation sites (N-methyl/N-ethyl adjacent to an activating group) is 1. The zero-order valence-electron chi connectivity index (χ0n) is 5.79. The minimum Gasteiger partial charge on any atom is -0.378 e. The molecule has 0 aromatic rings. The molecule has 0 saturated carbocycles. The van der Waals surface area contributed by atoms with Crippen LogP contribution in [0.5, 0.6) is 0 Å². The SMILES string of the molecule is C=CC(=CC=O)N(C)C. The van der Waals surface area contributed by atoms with Crippen molar-refractivity contribution in [1.29, 1.82) is 0 Å². The first-order valence-electron chi connectivity index (χ1n) is 2.67. The Morgan fingerprint density at radius 1 is 1.56 bits per heavy atom. The van der Waals surface area contributed by atoms with Crippen molar-refractivity contribution in [3.05, 3.63) is 24.4 Å². The van der Waals surface area contributed by atoms with Gasteiger partial charge in [-0.05, 0) is 6.08 Å². The fraction of sp³-hybridized carbons (Fsp3) is 0.286. The average molecular weight is 125 g/mol. The van der Waals surface area contributed by atoms with Crippen LogP contribution in [0.2, 0.25) is 0 Å². The van der Waals surface area contributed by atoms with Gasteiger partial charge in [-0.2, -0.15) is 0 Å². The predicted molar refractivity (Wildman–Crippen MR) is 38.0 cm³/mol. The Balaban J connectivity index is 4.13. The van der Waals surface area contributed by atoms with Gasteiger partial charge in [0, 0.05) is 25.9 Å². The highest BCUT2D eigenvalue weighted by Crippen LogP contribution is 1.95. The molecule has 0 heterocycles. The Kier molecular flexibility index (Phi) is 3.44. The van der Waals surface area contributed by atoms with Crippen LogP contribution in [0.3, 0.4) is 0 Å². The third kappa shape index (κ3) is 2.69. The summed E-state index contributed by atoms with van der Waals surface area (Å²) >= 11 is 0. The molecule has 0 bridgehead atoms. The molecule has 2 nitrogen and oxygen atoms in total. The smallest absolute Gasteiger partial charge is 0.144 e. The van der Waals surface area contributed by atoms with Crippen molar-refractivity contribution in [2.45, 2.75) is 0 Å². The van der Waals surface area contributed by atoms with E-state index < -0.39 is 0 Å². The van der Waals surface area contributed by atoms with Crippen molar-refractivity contribution < 1.29 is 4.79 Å². The van der Waals surface area contributed by atoms with Crippen LogP contribution < -0.4 is 0 Å². The average Bonchev–Trinajstić information content (AvgIpc) is 1.82. The van der Waals surface area contributed by atoms with Gasteiger partial charge in [0.2, 0.25) is 0 Å². The second-order valence-corrected chi connectivity index (χ2v) is 1.83. The summed E-state index contributed by atoms with van der Waals surface area (Å²) in [5.74, 6) is 0. The Labute approximate surface area is 55.5 Å². The van der Waals surface area contributed by atoms with Gasteiger partial charge in [0.25, 0.3) is 0 Å². The maximum atomic E-state index is 9.93. The van der Waals surface area contributed by atoms with Crippen LogP contribution in [0.25, 0.3) is 0 Å². The second-order valence-electron chi connectivity index (χ2n) is 1.83. The molecular weight excluding hydrogens is 114 g/mol. The third-order valence-corrected chi connectivity index (χ3v) is 0.964. The van der Waals surface area contributed by atoms with E-state index >= 15 is 0 Å². The van der Waals surface area contributed by atoms with Crippen LogP contribution >= 0.6 is 0 Å². The van der Waals surface area contributed by atoms with Crippen molar-refractivity contribution in [3.63, 3.8) is 0 Å². The Morgan fingerprint density at radius 3 is 2.22 bits per heavy atom. The maximum absolute atomic E-state index is 9.93. The molecule has 0 saturated heterocycles. The molecule has 0 atom stereocenters. The van der Waals surface area contributed by atoms with Crippen molar-refractivity contribution in [1.82, 2.24) is 4.90 Å². The standard InChI is InChI=1S/C7H11NO/c1-4-7(5-6-9)8(2)3/h4-6H,1H2,2-3H3. The first-order chi connectivity index (χ1) is 4.22. The van der Waals surface area contributed by atoms with E-state index in [2.05, 4.69) is 6.58 Å². The van der Waals surface area contributed by atoms with E-state index in [0.29, 0.717) is 0 Å². The van der Waals surface area contributed by atoms with E-state index in [4.69, 9.17) is 0 Å². The van der Waals surface area contributed by atoms with Crippen LogP contribution in [0.15, 0.2) is 24.4 Å². The van der Waals surface area contributed by atoms with E-state index in [0.717, 1.165) is 12.0 Å². The Hall–Kier alpha value is -1.05. The van der Waals surface area contributed by atoms with Crippen molar-refractivity contribution in [2.75, 3.05) is 14.1 Å². The quantitative estimate of drug-likeness (QED) is 0.316. The molecule has 0 fully saturated rings. The van der Waals surface area contributed by atoms with Gasteiger partial charge in [0.05, 0.1) is 0 Å². The van der Waals surface area contributed by atoms with E-state index in [1.165, 1.54) is 6.08 Å². The highest BCUT2D eigenvalue weighted by molar-refractivity contribution is 5.66. The lowest BCUT2D eigenvalue weighted by Gasteiger charge is -2.10. The second kappa shape index (κ2) is 3.89. The summed E-state index contributed by atoms with van der Waals surface area (Å²) in [6, 6.07) is 0. The molecule has 50 valence electrons. The van der Waals surface area contributed by atoms with Crippen LogP contribution in [0, 0.1) is 0 Å². The number of allylic oxidation sites excluding steroid dienone is 2. The molecule has 0 N–H and O–H groups in total. The van der Waals surface area contributed by atoms with Gasteiger partial charge in [0.1, 0.15) is 6.29 Å². The molecule has 0 unspecified atom stereocenters. The minimum atomic E-state index is 0.747. The van der Waals surface area contributed by atoms with Gasteiger partial charge < -0.3 is 4.90 Å². The molecule has 0 aliphatic carbocycles. The summed E-state index contributed by atoms with van der Waals surface area (Å²) in [7, 11) is 3.72. The molecule has 0 radical (unpaired) electrons. The highest BCUT2D eigenvalue weighted by atomic mass is 16.1. The number of hydrogen-bond donors (Lipinski definition) is 0. The number of aldehydes is 1. The number of carbonyl (C=O) groups is 1. The lowest BCUT2D eigenvalue weighted by Crippen LogP contribution is -2.08. The van der Waals surface area contributed by atoms with Crippen LogP contribution in [0.1, 0.15) is 0 Å². The molecule has 0 aliphatic rings. The van der Waals surface area contributed by atoms with Gasteiger partial charge in [-0.1, -0.05) is 6.58 Å². The van der Waals surface area contributed by atoms with E-state index in [1.54, 1.807) is 6.08 Å². The van der Waals surface area contributed by atoms with E-state index in [1.807, 2.05) is 19.0 Å². The Morgan fingerprint density at radius 2 is 2.11 bits per heavy atom. The molecule has 0 aromatic heterocycles. The monoisotopic (exact) mass is 125 g/mol. The van der Waals surface area contributed by atoms with Crippen molar-refractivity contribution in [2.24, 2.45) is 0 Å². The fourth-order valence-corrected chi connectivity index (χ4v) is 0.469. The fourth-order valence-electron chi connectivity index (χ4n) is 0.469. The van der Waals surface area contributed by atoms with Crippen molar-refractivity contribution in [3.8, 4) is 0 Å². The number of rotatable bonds is 3. The van der Waals surface area contributed by atoms with Crippen LogP contribution in [-0.2, 0) is 4.79 Å².